The van der Waals surface area contributed by atoms with Crippen LogP contribution < -0.4 is 5.32 Å². The molecule has 0 atom stereocenters. The molecule has 0 amide bonds. The molecule has 1 aromatic carbocycles. The minimum atomic E-state index is -1.95. The van der Waals surface area contributed by atoms with Crippen LogP contribution in [-0.2, 0) is 0 Å². The van der Waals surface area contributed by atoms with E-state index in [4.69, 9.17) is 0 Å². The highest BCUT2D eigenvalue weighted by Gasteiger charge is 2.21. The molecule has 1 heterocycles. The van der Waals surface area contributed by atoms with Crippen molar-refractivity contribution < 1.29 is 30.7 Å². The molecule has 2 nitrogen and oxygen atoms in total. The molecule has 9 heteroatoms. The van der Waals surface area contributed by atoms with E-state index in [9.17, 15) is 30.7 Å². The van der Waals surface area contributed by atoms with E-state index in [-0.39, 0.29) is 0 Å². The monoisotopic (exact) mass is 296 g/mol. The van der Waals surface area contributed by atoms with E-state index in [0.29, 0.717) is 12.1 Å². The van der Waals surface area contributed by atoms with Crippen LogP contribution >= 0.6 is 0 Å². The molecule has 0 bridgehead atoms. The number of nitrogens with one attached hydrogen (secondary N) is 1. The highest BCUT2D eigenvalue weighted by molar-refractivity contribution is 5.60. The molecular weight excluding hydrogens is 293 g/mol. The lowest BCUT2D eigenvalue weighted by Crippen LogP contribution is -2.06. The minimum Gasteiger partial charge on any atom is -0.350 e. The quantitative estimate of drug-likeness (QED) is 0.518. The van der Waals surface area contributed by atoms with Gasteiger partial charge in [-0.1, -0.05) is 0 Å². The minimum absolute atomic E-state index is 0.355. The first kappa shape index (κ1) is 14.1. The van der Waals surface area contributed by atoms with Crippen LogP contribution in [0.1, 0.15) is 0 Å². The summed E-state index contributed by atoms with van der Waals surface area (Å²) in [6.07, 6.45) is 0. The van der Waals surface area contributed by atoms with Gasteiger partial charge in [0.2, 0.25) is 11.6 Å². The van der Waals surface area contributed by atoms with Crippen LogP contribution in [0.25, 0.3) is 0 Å². The third-order valence-electron chi connectivity index (χ3n) is 2.25. The number of aromatic nitrogens is 1. The van der Waals surface area contributed by atoms with E-state index in [2.05, 4.69) is 4.98 Å². The average Bonchev–Trinajstić information content (AvgIpc) is 2.38. The van der Waals surface area contributed by atoms with Gasteiger partial charge in [-0.05, 0) is 0 Å². The zero-order chi connectivity index (χ0) is 15.0. The Bertz CT molecular complexity index is 638. The van der Waals surface area contributed by atoms with Gasteiger partial charge in [0.05, 0.1) is 0 Å². The maximum atomic E-state index is 13.2. The molecule has 0 aliphatic heterocycles. The van der Waals surface area contributed by atoms with Crippen LogP contribution in [0.2, 0.25) is 0 Å². The molecule has 0 saturated carbocycles. The number of benzene rings is 1. The SMILES string of the molecule is Fc1cc(Nc2c(F)c(F)nc(F)c2F)cc(F)c1F. The number of halogens is 7. The Hall–Kier alpha value is -2.32. The van der Waals surface area contributed by atoms with Gasteiger partial charge in [-0.25, -0.2) is 13.2 Å². The first-order valence-corrected chi connectivity index (χ1v) is 4.92. The van der Waals surface area contributed by atoms with Gasteiger partial charge in [0.15, 0.2) is 17.5 Å². The highest BCUT2D eigenvalue weighted by Crippen LogP contribution is 2.27. The van der Waals surface area contributed by atoms with Crippen LogP contribution in [0.3, 0.4) is 0 Å². The van der Waals surface area contributed by atoms with E-state index >= 15 is 0 Å². The standard InChI is InChI=1S/C11H3F7N2/c12-4-1-3(2-5(13)6(4)14)19-9-7(15)10(17)20-11(18)8(9)16/h1-2H,(H,19,20). The van der Waals surface area contributed by atoms with Crippen molar-refractivity contribution in [2.24, 2.45) is 0 Å². The van der Waals surface area contributed by atoms with Crippen molar-refractivity contribution in [3.8, 4) is 0 Å². The van der Waals surface area contributed by atoms with E-state index < -0.39 is 52.4 Å². The van der Waals surface area contributed by atoms with Crippen molar-refractivity contribution in [3.63, 3.8) is 0 Å². The van der Waals surface area contributed by atoms with Crippen molar-refractivity contribution in [1.29, 1.82) is 0 Å². The Balaban J connectivity index is 2.50. The molecule has 0 spiro atoms. The van der Waals surface area contributed by atoms with E-state index in [1.165, 1.54) is 0 Å². The Morgan fingerprint density at radius 3 is 1.60 bits per heavy atom. The van der Waals surface area contributed by atoms with Gasteiger partial charge in [0.1, 0.15) is 5.69 Å². The van der Waals surface area contributed by atoms with Gasteiger partial charge in [-0.15, -0.1) is 0 Å². The number of rotatable bonds is 2. The van der Waals surface area contributed by atoms with Crippen LogP contribution in [0.4, 0.5) is 42.1 Å². The van der Waals surface area contributed by atoms with Crippen molar-refractivity contribution >= 4 is 11.4 Å². The highest BCUT2D eigenvalue weighted by atomic mass is 19.2. The average molecular weight is 296 g/mol. The molecule has 0 saturated heterocycles. The summed E-state index contributed by atoms with van der Waals surface area (Å²) < 4.78 is 90.6. The van der Waals surface area contributed by atoms with Gasteiger partial charge in [0, 0.05) is 17.8 Å². The van der Waals surface area contributed by atoms with Gasteiger partial charge < -0.3 is 5.32 Å². The number of hydrogen-bond acceptors (Lipinski definition) is 2. The van der Waals surface area contributed by atoms with E-state index in [0.717, 1.165) is 0 Å². The molecule has 0 radical (unpaired) electrons. The Labute approximate surface area is 106 Å². The van der Waals surface area contributed by atoms with Gasteiger partial charge in [0.25, 0.3) is 11.9 Å². The first-order chi connectivity index (χ1) is 9.31. The fourth-order valence-corrected chi connectivity index (χ4v) is 1.37. The van der Waals surface area contributed by atoms with Gasteiger partial charge in [-0.2, -0.15) is 22.5 Å². The van der Waals surface area contributed by atoms with Crippen LogP contribution in [0.5, 0.6) is 0 Å². The lowest BCUT2D eigenvalue weighted by molar-refractivity contribution is 0.411. The van der Waals surface area contributed by atoms with Gasteiger partial charge in [-0.3, -0.25) is 0 Å². The lowest BCUT2D eigenvalue weighted by Gasteiger charge is -2.10. The number of pyridine rings is 1. The largest absolute Gasteiger partial charge is 0.350 e. The summed E-state index contributed by atoms with van der Waals surface area (Å²) in [5.41, 5.74) is -2.00. The summed E-state index contributed by atoms with van der Waals surface area (Å²) >= 11 is 0. The molecular formula is C11H3F7N2. The molecule has 0 unspecified atom stereocenters. The summed E-state index contributed by atoms with van der Waals surface area (Å²) in [4.78, 5) is 2.29. The van der Waals surface area contributed by atoms with Crippen molar-refractivity contribution in [3.05, 3.63) is 53.1 Å². The molecule has 1 aromatic heterocycles. The Morgan fingerprint density at radius 2 is 1.15 bits per heavy atom. The number of nitrogens with zero attached hydrogens (tertiary/aromatic N) is 1. The number of hydrogen-bond donors (Lipinski definition) is 1. The van der Waals surface area contributed by atoms with E-state index in [1.54, 1.807) is 5.32 Å². The molecule has 0 aliphatic carbocycles. The normalized spacial score (nSPS) is 10.8. The third-order valence-corrected chi connectivity index (χ3v) is 2.25. The Morgan fingerprint density at radius 1 is 0.700 bits per heavy atom. The summed E-state index contributed by atoms with van der Waals surface area (Å²) in [7, 11) is 0. The van der Waals surface area contributed by atoms with Crippen molar-refractivity contribution in [2.75, 3.05) is 5.32 Å². The summed E-state index contributed by atoms with van der Waals surface area (Å²) in [5.74, 6) is -12.8. The topological polar surface area (TPSA) is 24.9 Å². The maximum Gasteiger partial charge on any atom is 0.253 e. The summed E-state index contributed by atoms with van der Waals surface area (Å²) in [5, 5.41) is 1.71. The third kappa shape index (κ3) is 2.38. The smallest absolute Gasteiger partial charge is 0.253 e. The molecule has 0 aliphatic rings. The van der Waals surface area contributed by atoms with Gasteiger partial charge >= 0.3 is 0 Å². The second kappa shape index (κ2) is 4.99. The lowest BCUT2D eigenvalue weighted by atomic mass is 10.2. The fraction of sp³-hybridized carbons (Fsp3) is 0. The molecule has 1 N–H and O–H groups in total. The second-order valence-electron chi connectivity index (χ2n) is 3.58. The zero-order valence-corrected chi connectivity index (χ0v) is 9.25. The predicted molar refractivity (Wildman–Crippen MR) is 53.7 cm³/mol. The molecule has 106 valence electrons. The summed E-state index contributed by atoms with van der Waals surface area (Å²) in [6, 6.07) is 0.709. The van der Waals surface area contributed by atoms with Crippen LogP contribution in [0.15, 0.2) is 12.1 Å². The van der Waals surface area contributed by atoms with Crippen LogP contribution in [0, 0.1) is 41.0 Å². The number of anilines is 2. The Kier molecular flexibility index (Phi) is 3.51. The predicted octanol–water partition coefficient (Wildman–Crippen LogP) is 3.80. The van der Waals surface area contributed by atoms with Crippen molar-refractivity contribution in [2.45, 2.75) is 0 Å². The maximum absolute atomic E-state index is 13.2. The molecule has 0 fully saturated rings. The molecule has 2 aromatic rings. The van der Waals surface area contributed by atoms with Crippen LogP contribution in [-0.4, -0.2) is 4.98 Å². The second-order valence-corrected chi connectivity index (χ2v) is 3.58. The van der Waals surface area contributed by atoms with E-state index in [1.807, 2.05) is 0 Å². The zero-order valence-electron chi connectivity index (χ0n) is 9.25. The van der Waals surface area contributed by atoms with Crippen molar-refractivity contribution in [1.82, 2.24) is 4.98 Å². The molecule has 20 heavy (non-hydrogen) atoms. The fourth-order valence-electron chi connectivity index (χ4n) is 1.37. The molecule has 2 rings (SSSR count). The summed E-state index contributed by atoms with van der Waals surface area (Å²) in [6.45, 7) is 0. The first-order valence-electron chi connectivity index (χ1n) is 4.92.